The van der Waals surface area contributed by atoms with Crippen molar-refractivity contribution in [3.8, 4) is 0 Å². The molecule has 2 amide bonds. The molecular formula is C12H18N2O2S. The summed E-state index contributed by atoms with van der Waals surface area (Å²) in [4.78, 5) is 26.0. The van der Waals surface area contributed by atoms with Crippen LogP contribution in [-0.2, 0) is 9.59 Å². The summed E-state index contributed by atoms with van der Waals surface area (Å²) < 4.78 is 0. The zero-order chi connectivity index (χ0) is 12.6. The summed E-state index contributed by atoms with van der Waals surface area (Å²) in [6.45, 7) is 1.89. The number of nitrogens with zero attached hydrogens (tertiary/aromatic N) is 1. The maximum absolute atomic E-state index is 12.4. The van der Waals surface area contributed by atoms with Crippen molar-refractivity contribution in [2.24, 2.45) is 11.1 Å². The molecule has 2 N–H and O–H groups in total. The number of carbonyl (C=O) groups excluding carboxylic acids is 2. The van der Waals surface area contributed by atoms with Gasteiger partial charge in [-0.25, -0.2) is 0 Å². The molecule has 2 aliphatic rings. The van der Waals surface area contributed by atoms with E-state index < -0.39 is 11.5 Å². The van der Waals surface area contributed by atoms with Gasteiger partial charge in [0.2, 0.25) is 11.8 Å². The fraction of sp³-hybridized carbons (Fsp3) is 0.750. The zero-order valence-corrected chi connectivity index (χ0v) is 10.9. The summed E-state index contributed by atoms with van der Waals surface area (Å²) in [5, 5.41) is 0. The third-order valence-electron chi connectivity index (χ3n) is 4.02. The van der Waals surface area contributed by atoms with Crippen LogP contribution in [0, 0.1) is 5.41 Å². The average molecular weight is 254 g/mol. The first-order valence-electron chi connectivity index (χ1n) is 6.17. The van der Waals surface area contributed by atoms with Crippen molar-refractivity contribution >= 4 is 29.0 Å². The average Bonchev–Trinajstić information content (AvgIpc) is 2.81. The van der Waals surface area contributed by atoms with Gasteiger partial charge in [0.1, 0.15) is 0 Å². The quantitative estimate of drug-likeness (QED) is 0.610. The minimum absolute atomic E-state index is 0.0420. The van der Waals surface area contributed by atoms with E-state index in [0.29, 0.717) is 12.8 Å². The molecular weight excluding hydrogens is 236 g/mol. The van der Waals surface area contributed by atoms with E-state index in [9.17, 15) is 9.59 Å². The maximum Gasteiger partial charge on any atom is 0.236 e. The summed E-state index contributed by atoms with van der Waals surface area (Å²) in [5.41, 5.74) is 5.20. The Balaban J connectivity index is 2.27. The lowest BCUT2D eigenvalue weighted by Gasteiger charge is -2.26. The Bertz CT molecular complexity index is 375. The maximum atomic E-state index is 12.4. The molecule has 1 spiro atoms. The second-order valence-corrected chi connectivity index (χ2v) is 5.53. The Morgan fingerprint density at radius 2 is 2.06 bits per heavy atom. The van der Waals surface area contributed by atoms with Crippen molar-refractivity contribution in [1.82, 2.24) is 4.90 Å². The van der Waals surface area contributed by atoms with Crippen LogP contribution in [0.1, 0.15) is 45.4 Å². The summed E-state index contributed by atoms with van der Waals surface area (Å²) in [6.07, 6.45) is 4.70. The van der Waals surface area contributed by atoms with E-state index in [1.807, 2.05) is 6.92 Å². The molecule has 1 unspecified atom stereocenters. The van der Waals surface area contributed by atoms with Crippen LogP contribution in [0.3, 0.4) is 0 Å². The van der Waals surface area contributed by atoms with Crippen molar-refractivity contribution < 1.29 is 9.59 Å². The number of likely N-dealkylation sites (tertiary alicyclic amines) is 1. The third kappa shape index (κ3) is 1.86. The Morgan fingerprint density at radius 3 is 2.53 bits per heavy atom. The van der Waals surface area contributed by atoms with Gasteiger partial charge in [0.05, 0.1) is 16.4 Å². The van der Waals surface area contributed by atoms with Crippen LogP contribution in [0.25, 0.3) is 0 Å². The summed E-state index contributed by atoms with van der Waals surface area (Å²) >= 11 is 4.95. The van der Waals surface area contributed by atoms with Crippen molar-refractivity contribution in [3.05, 3.63) is 0 Å². The molecule has 94 valence electrons. The summed E-state index contributed by atoms with van der Waals surface area (Å²) in [5.74, 6) is -0.142. The molecule has 1 aliphatic carbocycles. The Labute approximate surface area is 107 Å². The molecule has 0 aromatic carbocycles. The Morgan fingerprint density at radius 1 is 1.47 bits per heavy atom. The van der Waals surface area contributed by atoms with Crippen LogP contribution >= 0.6 is 12.2 Å². The third-order valence-corrected chi connectivity index (χ3v) is 4.29. The molecule has 5 heteroatoms. The van der Waals surface area contributed by atoms with Crippen LogP contribution in [0.4, 0.5) is 0 Å². The van der Waals surface area contributed by atoms with Gasteiger partial charge in [-0.3, -0.25) is 14.5 Å². The Hall–Kier alpha value is -0.970. The lowest BCUT2D eigenvalue weighted by Crippen LogP contribution is -2.48. The number of imide groups is 1. The number of nitrogens with two attached hydrogens (primary N) is 1. The predicted molar refractivity (Wildman–Crippen MR) is 68.2 cm³/mol. The van der Waals surface area contributed by atoms with E-state index >= 15 is 0 Å². The molecule has 2 rings (SSSR count). The largest absolute Gasteiger partial charge is 0.392 e. The molecule has 1 saturated heterocycles. The minimum atomic E-state index is -0.421. The van der Waals surface area contributed by atoms with Crippen molar-refractivity contribution in [1.29, 1.82) is 0 Å². The number of rotatable bonds is 3. The Kier molecular flexibility index (Phi) is 3.21. The normalized spacial score (nSPS) is 24.6. The fourth-order valence-corrected chi connectivity index (χ4v) is 3.36. The van der Waals surface area contributed by atoms with Crippen LogP contribution in [0.2, 0.25) is 0 Å². The van der Waals surface area contributed by atoms with Gasteiger partial charge in [-0.15, -0.1) is 0 Å². The molecule has 1 saturated carbocycles. The number of thiocarbonyl (C=S) groups is 1. The molecule has 1 atom stereocenters. The summed E-state index contributed by atoms with van der Waals surface area (Å²) in [7, 11) is 0. The van der Waals surface area contributed by atoms with Crippen molar-refractivity contribution in [2.45, 2.75) is 51.5 Å². The molecule has 4 nitrogen and oxygen atoms in total. The van der Waals surface area contributed by atoms with Gasteiger partial charge in [0, 0.05) is 6.42 Å². The van der Waals surface area contributed by atoms with Crippen molar-refractivity contribution in [2.75, 3.05) is 0 Å². The van der Waals surface area contributed by atoms with E-state index in [1.165, 1.54) is 4.90 Å². The number of carbonyl (C=O) groups is 2. The van der Waals surface area contributed by atoms with E-state index in [4.69, 9.17) is 18.0 Å². The van der Waals surface area contributed by atoms with E-state index in [1.54, 1.807) is 0 Å². The predicted octanol–water partition coefficient (Wildman–Crippen LogP) is 1.37. The SMILES string of the molecule is CCC(C(N)=S)N1C(=O)CC2(CCCC2)C1=O. The molecule has 17 heavy (non-hydrogen) atoms. The molecule has 1 heterocycles. The van der Waals surface area contributed by atoms with Gasteiger partial charge in [-0.05, 0) is 19.3 Å². The first kappa shape index (κ1) is 12.5. The molecule has 1 aliphatic heterocycles. The standard InChI is InChI=1S/C12H18N2O2S/c1-2-8(10(13)17)14-9(15)7-12(11(14)16)5-3-4-6-12/h8H,2-7H2,1H3,(H2,13,17). The highest BCUT2D eigenvalue weighted by molar-refractivity contribution is 7.80. The van der Waals surface area contributed by atoms with Gasteiger partial charge in [0.25, 0.3) is 0 Å². The van der Waals surface area contributed by atoms with Gasteiger partial charge in [-0.1, -0.05) is 32.0 Å². The second-order valence-electron chi connectivity index (χ2n) is 5.06. The number of hydrogen-bond donors (Lipinski definition) is 1. The lowest BCUT2D eigenvalue weighted by molar-refractivity contribution is -0.142. The fourth-order valence-electron chi connectivity index (χ4n) is 3.09. The van der Waals surface area contributed by atoms with Gasteiger partial charge in [-0.2, -0.15) is 0 Å². The van der Waals surface area contributed by atoms with E-state index in [2.05, 4.69) is 0 Å². The first-order chi connectivity index (χ1) is 8.02. The number of hydrogen-bond acceptors (Lipinski definition) is 3. The highest BCUT2D eigenvalue weighted by Crippen LogP contribution is 2.47. The molecule has 0 aromatic rings. The van der Waals surface area contributed by atoms with Gasteiger partial charge >= 0.3 is 0 Å². The van der Waals surface area contributed by atoms with Gasteiger partial charge in [0.15, 0.2) is 0 Å². The topological polar surface area (TPSA) is 63.4 Å². The van der Waals surface area contributed by atoms with Crippen LogP contribution < -0.4 is 5.73 Å². The second kappa shape index (κ2) is 4.37. The molecule has 0 radical (unpaired) electrons. The van der Waals surface area contributed by atoms with Crippen LogP contribution in [0.15, 0.2) is 0 Å². The van der Waals surface area contributed by atoms with Gasteiger partial charge < -0.3 is 5.73 Å². The summed E-state index contributed by atoms with van der Waals surface area (Å²) in [6, 6.07) is -0.398. The molecule has 0 aromatic heterocycles. The van der Waals surface area contributed by atoms with Crippen LogP contribution in [-0.4, -0.2) is 27.7 Å². The number of amides is 2. The highest BCUT2D eigenvalue weighted by atomic mass is 32.1. The van der Waals surface area contributed by atoms with E-state index in [0.717, 1.165) is 25.7 Å². The molecule has 2 fully saturated rings. The van der Waals surface area contributed by atoms with Crippen LogP contribution in [0.5, 0.6) is 0 Å². The highest BCUT2D eigenvalue weighted by Gasteiger charge is 2.54. The monoisotopic (exact) mass is 254 g/mol. The first-order valence-corrected chi connectivity index (χ1v) is 6.58. The minimum Gasteiger partial charge on any atom is -0.392 e. The smallest absolute Gasteiger partial charge is 0.236 e. The molecule has 0 bridgehead atoms. The lowest BCUT2D eigenvalue weighted by atomic mass is 9.84. The van der Waals surface area contributed by atoms with E-state index in [-0.39, 0.29) is 16.8 Å². The van der Waals surface area contributed by atoms with Crippen molar-refractivity contribution in [3.63, 3.8) is 0 Å². The zero-order valence-electron chi connectivity index (χ0n) is 10.1.